The van der Waals surface area contributed by atoms with Crippen LogP contribution in [0.4, 0.5) is 0 Å². The fraction of sp³-hybridized carbons (Fsp3) is 0.118. The van der Waals surface area contributed by atoms with Gasteiger partial charge in [0.2, 0.25) is 6.10 Å². The highest BCUT2D eigenvalue weighted by Gasteiger charge is 2.31. The molecule has 0 aliphatic carbocycles. The summed E-state index contributed by atoms with van der Waals surface area (Å²) in [5.74, 6) is -1.74. The first kappa shape index (κ1) is 25.0. The monoisotopic (exact) mass is 500 g/mol. The van der Waals surface area contributed by atoms with E-state index in [2.05, 4.69) is 0 Å². The van der Waals surface area contributed by atoms with Crippen molar-refractivity contribution in [3.05, 3.63) is 156 Å². The van der Waals surface area contributed by atoms with Crippen LogP contribution in [0.3, 0.4) is 0 Å². The molecular weight excluding hydrogens is 472 g/mol. The summed E-state index contributed by atoms with van der Waals surface area (Å²) in [6.45, 7) is 0.103. The molecular formula is C34H28O4. The first-order valence-electron chi connectivity index (χ1n) is 12.7. The van der Waals surface area contributed by atoms with Gasteiger partial charge in [0.25, 0.3) is 0 Å². The molecule has 188 valence electrons. The molecule has 0 spiro atoms. The molecule has 0 bridgehead atoms. The van der Waals surface area contributed by atoms with Crippen LogP contribution in [-0.2, 0) is 32.1 Å². The van der Waals surface area contributed by atoms with Gasteiger partial charge in [0, 0.05) is 6.42 Å². The van der Waals surface area contributed by atoms with Gasteiger partial charge in [-0.25, -0.2) is 4.79 Å². The fourth-order valence-corrected chi connectivity index (χ4v) is 4.54. The van der Waals surface area contributed by atoms with Gasteiger partial charge < -0.3 is 9.47 Å². The van der Waals surface area contributed by atoms with Crippen LogP contribution in [0.1, 0.15) is 28.2 Å². The minimum atomic E-state index is -1.10. The molecule has 0 fully saturated rings. The quantitative estimate of drug-likeness (QED) is 0.207. The van der Waals surface area contributed by atoms with Crippen molar-refractivity contribution in [3.8, 4) is 0 Å². The Morgan fingerprint density at radius 1 is 0.553 bits per heavy atom. The molecule has 4 nitrogen and oxygen atoms in total. The van der Waals surface area contributed by atoms with Crippen molar-refractivity contribution in [2.75, 3.05) is 0 Å². The van der Waals surface area contributed by atoms with E-state index in [1.807, 2.05) is 133 Å². The number of esters is 2. The third-order valence-corrected chi connectivity index (χ3v) is 6.48. The normalized spacial score (nSPS) is 11.7. The number of fused-ring (bicyclic) bond motifs is 1. The van der Waals surface area contributed by atoms with Gasteiger partial charge in [-0.3, -0.25) is 4.79 Å². The zero-order valence-corrected chi connectivity index (χ0v) is 20.9. The highest BCUT2D eigenvalue weighted by atomic mass is 16.6. The zero-order chi connectivity index (χ0) is 26.2. The van der Waals surface area contributed by atoms with Crippen LogP contribution in [0.2, 0.25) is 0 Å². The molecule has 1 atom stereocenters. The van der Waals surface area contributed by atoms with Gasteiger partial charge >= 0.3 is 11.9 Å². The predicted molar refractivity (Wildman–Crippen MR) is 148 cm³/mol. The minimum Gasteiger partial charge on any atom is -0.458 e. The van der Waals surface area contributed by atoms with Crippen molar-refractivity contribution in [2.45, 2.75) is 25.0 Å². The molecule has 5 aromatic rings. The Morgan fingerprint density at radius 2 is 1.11 bits per heavy atom. The Hall–Kier alpha value is -4.70. The van der Waals surface area contributed by atoms with E-state index in [9.17, 15) is 9.59 Å². The molecule has 0 unspecified atom stereocenters. The summed E-state index contributed by atoms with van der Waals surface area (Å²) < 4.78 is 11.6. The maximum Gasteiger partial charge on any atom is 0.348 e. The molecule has 0 aliphatic heterocycles. The van der Waals surface area contributed by atoms with Crippen molar-refractivity contribution in [1.82, 2.24) is 0 Å². The second-order valence-electron chi connectivity index (χ2n) is 9.16. The summed E-state index contributed by atoms with van der Waals surface area (Å²) in [7, 11) is 0. The van der Waals surface area contributed by atoms with Gasteiger partial charge in [-0.05, 0) is 33.0 Å². The van der Waals surface area contributed by atoms with Crippen LogP contribution in [-0.4, -0.2) is 18.0 Å². The highest BCUT2D eigenvalue weighted by Crippen LogP contribution is 2.27. The van der Waals surface area contributed by atoms with Crippen molar-refractivity contribution in [3.63, 3.8) is 0 Å². The lowest BCUT2D eigenvalue weighted by Crippen LogP contribution is -2.33. The fourth-order valence-electron chi connectivity index (χ4n) is 4.54. The summed E-state index contributed by atoms with van der Waals surface area (Å²) >= 11 is 0. The van der Waals surface area contributed by atoms with E-state index in [1.165, 1.54) is 0 Å². The number of hydrogen-bond donors (Lipinski definition) is 0. The van der Waals surface area contributed by atoms with Crippen LogP contribution in [0.15, 0.2) is 133 Å². The number of carbonyl (C=O) groups is 2. The van der Waals surface area contributed by atoms with Gasteiger partial charge in [0.1, 0.15) is 12.5 Å². The average Bonchev–Trinajstić information content (AvgIpc) is 2.97. The second kappa shape index (κ2) is 12.0. The number of benzene rings is 5. The summed E-state index contributed by atoms with van der Waals surface area (Å²) in [5.41, 5.74) is 3.34. The van der Waals surface area contributed by atoms with Crippen molar-refractivity contribution < 1.29 is 19.1 Å². The van der Waals surface area contributed by atoms with Gasteiger partial charge in [0.15, 0.2) is 0 Å². The van der Waals surface area contributed by atoms with E-state index in [-0.39, 0.29) is 13.0 Å². The van der Waals surface area contributed by atoms with Gasteiger partial charge in [-0.2, -0.15) is 0 Å². The van der Waals surface area contributed by atoms with Gasteiger partial charge in [-0.15, -0.1) is 0 Å². The molecule has 0 aliphatic rings. The highest BCUT2D eigenvalue weighted by molar-refractivity contribution is 5.86. The van der Waals surface area contributed by atoms with Crippen LogP contribution >= 0.6 is 0 Å². The molecule has 38 heavy (non-hydrogen) atoms. The van der Waals surface area contributed by atoms with Crippen molar-refractivity contribution >= 4 is 22.7 Å². The lowest BCUT2D eigenvalue weighted by atomic mass is 9.91. The second-order valence-corrected chi connectivity index (χ2v) is 9.16. The van der Waals surface area contributed by atoms with E-state index >= 15 is 0 Å². The molecule has 5 rings (SSSR count). The van der Waals surface area contributed by atoms with E-state index in [0.29, 0.717) is 0 Å². The maximum atomic E-state index is 13.7. The predicted octanol–water partition coefficient (Wildman–Crippen LogP) is 6.87. The van der Waals surface area contributed by atoms with Crippen LogP contribution < -0.4 is 0 Å². The maximum absolute atomic E-state index is 13.7. The minimum absolute atomic E-state index is 0.103. The van der Waals surface area contributed by atoms with Crippen LogP contribution in [0, 0.1) is 0 Å². The lowest BCUT2D eigenvalue weighted by molar-refractivity contribution is -0.169. The first-order valence-corrected chi connectivity index (χ1v) is 12.7. The first-order chi connectivity index (χ1) is 18.7. The Labute approximate surface area is 222 Å². The van der Waals surface area contributed by atoms with Crippen molar-refractivity contribution in [1.29, 1.82) is 0 Å². The molecule has 5 aromatic carbocycles. The summed E-state index contributed by atoms with van der Waals surface area (Å²) in [6.07, 6.45) is -0.886. The molecule has 0 aromatic heterocycles. The zero-order valence-electron chi connectivity index (χ0n) is 20.9. The topological polar surface area (TPSA) is 52.6 Å². The summed E-state index contributed by atoms with van der Waals surface area (Å²) in [6, 6.07) is 42.4. The molecule has 0 radical (unpaired) electrons. The molecule has 4 heteroatoms. The lowest BCUT2D eigenvalue weighted by Gasteiger charge is -2.22. The SMILES string of the molecule is O=C(O[C@H](Cc1ccc2ccccc2c1)C(=O)OCc1ccccc1)C(c1ccccc1)c1ccccc1. The van der Waals surface area contributed by atoms with E-state index < -0.39 is 24.0 Å². The van der Waals surface area contributed by atoms with Crippen LogP contribution in [0.5, 0.6) is 0 Å². The molecule has 0 amide bonds. The van der Waals surface area contributed by atoms with E-state index in [4.69, 9.17) is 9.47 Å². The number of rotatable bonds is 9. The average molecular weight is 501 g/mol. The molecule has 0 saturated carbocycles. The van der Waals surface area contributed by atoms with Gasteiger partial charge in [0.05, 0.1) is 0 Å². The Balaban J connectivity index is 1.42. The Morgan fingerprint density at radius 3 is 1.74 bits per heavy atom. The Bertz CT molecular complexity index is 1460. The molecule has 0 saturated heterocycles. The standard InChI is InChI=1S/C34H28O4/c35-33(37-24-25-12-4-1-5-13-25)31(23-26-20-21-27-14-10-11-19-30(27)22-26)38-34(36)32(28-15-6-2-7-16-28)29-17-8-3-9-18-29/h1-22,31-32H,23-24H2/t31-/m1/s1. The Kier molecular flexibility index (Phi) is 7.90. The smallest absolute Gasteiger partial charge is 0.348 e. The van der Waals surface area contributed by atoms with Crippen LogP contribution in [0.25, 0.3) is 10.8 Å². The van der Waals surface area contributed by atoms with E-state index in [0.717, 1.165) is 33.0 Å². The number of hydrogen-bond acceptors (Lipinski definition) is 4. The van der Waals surface area contributed by atoms with E-state index in [1.54, 1.807) is 0 Å². The third kappa shape index (κ3) is 6.16. The van der Waals surface area contributed by atoms with Gasteiger partial charge in [-0.1, -0.05) is 133 Å². The third-order valence-electron chi connectivity index (χ3n) is 6.48. The number of ether oxygens (including phenoxy) is 2. The summed E-state index contributed by atoms with van der Waals surface area (Å²) in [4.78, 5) is 27.0. The molecule has 0 N–H and O–H groups in total. The van der Waals surface area contributed by atoms with Crippen molar-refractivity contribution in [2.24, 2.45) is 0 Å². The largest absolute Gasteiger partial charge is 0.458 e. The number of carbonyl (C=O) groups excluding carboxylic acids is 2. The summed E-state index contributed by atoms with van der Waals surface area (Å²) in [5, 5.41) is 2.16. The molecule has 0 heterocycles.